The third-order valence-electron chi connectivity index (χ3n) is 9.85. The summed E-state index contributed by atoms with van der Waals surface area (Å²) in [5.41, 5.74) is -1.86. The van der Waals surface area contributed by atoms with Crippen LogP contribution in [-0.4, -0.2) is 55.8 Å². The van der Waals surface area contributed by atoms with E-state index in [4.69, 9.17) is 4.98 Å². The highest BCUT2D eigenvalue weighted by Gasteiger charge is 2.71. The van der Waals surface area contributed by atoms with E-state index in [0.717, 1.165) is 18.4 Å². The lowest BCUT2D eigenvalue weighted by Gasteiger charge is -2.23. The highest BCUT2D eigenvalue weighted by atomic mass is 32.2. The van der Waals surface area contributed by atoms with E-state index < -0.39 is 87.2 Å². The summed E-state index contributed by atoms with van der Waals surface area (Å²) in [6.45, 7) is 3.53. The normalized spacial score (nSPS) is 19.0. The second-order valence-corrected chi connectivity index (χ2v) is 16.5. The van der Waals surface area contributed by atoms with Crippen molar-refractivity contribution in [1.29, 1.82) is 0 Å². The quantitative estimate of drug-likeness (QED) is 0.115. The summed E-state index contributed by atoms with van der Waals surface area (Å²) < 4.78 is 117. The summed E-state index contributed by atoms with van der Waals surface area (Å²) in [4.78, 5) is 18.7. The van der Waals surface area contributed by atoms with Crippen LogP contribution in [0.4, 0.5) is 32.2 Å². The number of nitrogens with one attached hydrogen (secondary N) is 2. The van der Waals surface area contributed by atoms with Gasteiger partial charge in [0.25, 0.3) is 12.3 Å². The second-order valence-electron chi connectivity index (χ2n) is 14.7. The van der Waals surface area contributed by atoms with Crippen LogP contribution in [0.2, 0.25) is 0 Å². The van der Waals surface area contributed by atoms with Gasteiger partial charge in [0.1, 0.15) is 40.9 Å². The van der Waals surface area contributed by atoms with E-state index in [1.165, 1.54) is 24.6 Å². The van der Waals surface area contributed by atoms with Crippen LogP contribution in [0.1, 0.15) is 73.1 Å². The van der Waals surface area contributed by atoms with E-state index in [-0.39, 0.29) is 34.8 Å². The molecule has 0 spiro atoms. The van der Waals surface area contributed by atoms with Crippen molar-refractivity contribution in [3.8, 4) is 23.0 Å². The van der Waals surface area contributed by atoms with E-state index >= 15 is 8.78 Å². The van der Waals surface area contributed by atoms with Gasteiger partial charge >= 0.3 is 0 Å². The summed E-state index contributed by atoms with van der Waals surface area (Å²) in [5, 5.41) is 21.5. The number of aromatic nitrogens is 5. The minimum atomic E-state index is -3.76. The Labute approximate surface area is 317 Å². The highest BCUT2D eigenvalue weighted by Crippen LogP contribution is 2.71. The Bertz CT molecular complexity index is 2570. The maximum absolute atomic E-state index is 15.6. The zero-order valence-corrected chi connectivity index (χ0v) is 31.3. The number of carbonyl (C=O) groups excluding carboxylic acids is 1. The van der Waals surface area contributed by atoms with Crippen molar-refractivity contribution >= 4 is 32.7 Å². The molecule has 2 aliphatic rings. The number of aryl methyl sites for hydroxylation is 1. The van der Waals surface area contributed by atoms with Gasteiger partial charge in [0.15, 0.2) is 5.82 Å². The number of sulfonamides is 1. The van der Waals surface area contributed by atoms with Gasteiger partial charge in [-0.15, -0.1) is 0 Å². The molecule has 0 bridgehead atoms. The van der Waals surface area contributed by atoms with Crippen LogP contribution >= 0.6 is 0 Å². The Balaban J connectivity index is 1.37. The van der Waals surface area contributed by atoms with Crippen LogP contribution in [0.5, 0.6) is 0 Å². The zero-order valence-electron chi connectivity index (χ0n) is 30.5. The van der Waals surface area contributed by atoms with Gasteiger partial charge in [0, 0.05) is 47.0 Å². The van der Waals surface area contributed by atoms with E-state index in [1.807, 2.05) is 0 Å². The number of anilines is 1. The maximum atomic E-state index is 15.6. The van der Waals surface area contributed by atoms with Gasteiger partial charge in [-0.25, -0.2) is 31.0 Å². The van der Waals surface area contributed by atoms with Crippen LogP contribution in [-0.2, 0) is 40.8 Å². The maximum Gasteiger partial charge on any atom is 0.293 e. The molecule has 3 heterocycles. The van der Waals surface area contributed by atoms with Gasteiger partial charge in [-0.05, 0) is 68.0 Å². The number of amides is 1. The van der Waals surface area contributed by atoms with Gasteiger partial charge < -0.3 is 10.4 Å². The van der Waals surface area contributed by atoms with Gasteiger partial charge in [0.05, 0.1) is 23.5 Å². The molecule has 1 unspecified atom stereocenters. The molecule has 0 aliphatic heterocycles. The number of rotatable bonds is 10. The molecule has 0 radical (unpaired) electrons. The fourth-order valence-electron chi connectivity index (χ4n) is 7.69. The van der Waals surface area contributed by atoms with E-state index in [9.17, 15) is 35.9 Å². The number of para-hydroxylation sites is 1. The molecular formula is C38H35F6N7O4S. The van der Waals surface area contributed by atoms with E-state index in [2.05, 4.69) is 32.1 Å². The molecule has 1 fully saturated rings. The Morgan fingerprint density at radius 2 is 1.75 bits per heavy atom. The summed E-state index contributed by atoms with van der Waals surface area (Å²) in [6.07, 6.45) is -2.53. The number of nitrogens with zero attached hydrogens (tertiary/aromatic N) is 5. The third kappa shape index (κ3) is 7.32. The van der Waals surface area contributed by atoms with Crippen molar-refractivity contribution in [2.75, 3.05) is 11.0 Å². The van der Waals surface area contributed by atoms with Crippen molar-refractivity contribution in [3.05, 3.63) is 94.1 Å². The number of aliphatic hydroxyl groups is 1. The van der Waals surface area contributed by atoms with Gasteiger partial charge in [0.2, 0.25) is 15.9 Å². The summed E-state index contributed by atoms with van der Waals surface area (Å²) in [7, 11) is -2.19. The molecule has 56 heavy (non-hydrogen) atoms. The number of carbonyl (C=O) groups is 1. The van der Waals surface area contributed by atoms with Crippen molar-refractivity contribution in [3.63, 3.8) is 0 Å². The molecule has 7 rings (SSSR count). The molecule has 5 aromatic rings. The van der Waals surface area contributed by atoms with Gasteiger partial charge in [-0.3, -0.25) is 18.9 Å². The molecule has 18 heteroatoms. The standard InChI is InChI=1S/C38H35F6N7O4S/c1-18-28-29-32(35(41)42)47-51(34(29)38(43,44)30(18)28)17-27(52)46-26(15-19-13-20(39)16-21(40)14-19)31-23(10-9-22(45-31)11-12-37(2,3)53)24-7-6-8-25-33(24)50(4)48-36(25)49-56(5,54)55/h6-10,13-14,16,18,26,28,30,35,53H,15,17H2,1-5H3,(H,46,52)(H,48,49)/t18-,26+,28?,30-/m1/s1. The molecule has 4 atom stereocenters. The van der Waals surface area contributed by atoms with Crippen LogP contribution < -0.4 is 10.0 Å². The minimum absolute atomic E-state index is 0.0212. The molecule has 1 saturated carbocycles. The fraction of sp³-hybridized carbons (Fsp3) is 0.368. The van der Waals surface area contributed by atoms with Crippen molar-refractivity contribution in [2.24, 2.45) is 18.9 Å². The molecule has 3 aromatic heterocycles. The lowest BCUT2D eigenvalue weighted by atomic mass is 9.93. The molecule has 11 nitrogen and oxygen atoms in total. The number of pyridine rings is 1. The number of fused-ring (bicyclic) bond motifs is 4. The Kier molecular flexibility index (Phi) is 9.47. The van der Waals surface area contributed by atoms with Crippen LogP contribution in [0.25, 0.3) is 22.0 Å². The molecule has 3 N–H and O–H groups in total. The smallest absolute Gasteiger partial charge is 0.293 e. The number of hydrogen-bond acceptors (Lipinski definition) is 7. The highest BCUT2D eigenvalue weighted by molar-refractivity contribution is 7.92. The molecule has 294 valence electrons. The number of halogens is 6. The Morgan fingerprint density at radius 1 is 1.05 bits per heavy atom. The lowest BCUT2D eigenvalue weighted by Crippen LogP contribution is -2.35. The average molecular weight is 800 g/mol. The molecule has 2 aromatic carbocycles. The predicted molar refractivity (Wildman–Crippen MR) is 193 cm³/mol. The first-order valence-electron chi connectivity index (χ1n) is 17.3. The first-order valence-corrected chi connectivity index (χ1v) is 19.2. The van der Waals surface area contributed by atoms with Crippen molar-refractivity contribution in [2.45, 2.75) is 63.6 Å². The number of alkyl halides is 4. The topological polar surface area (TPSA) is 144 Å². The number of benzene rings is 2. The lowest BCUT2D eigenvalue weighted by molar-refractivity contribution is -0.123. The third-order valence-corrected chi connectivity index (χ3v) is 10.4. The van der Waals surface area contributed by atoms with Crippen molar-refractivity contribution < 1.29 is 44.7 Å². The Morgan fingerprint density at radius 3 is 2.39 bits per heavy atom. The molecule has 2 aliphatic carbocycles. The molecule has 1 amide bonds. The van der Waals surface area contributed by atoms with Crippen LogP contribution in [0, 0.1) is 35.3 Å². The number of hydrogen-bond donors (Lipinski definition) is 3. The van der Waals surface area contributed by atoms with E-state index in [0.29, 0.717) is 32.8 Å². The summed E-state index contributed by atoms with van der Waals surface area (Å²) >= 11 is 0. The van der Waals surface area contributed by atoms with E-state index in [1.54, 1.807) is 38.2 Å². The minimum Gasteiger partial charge on any atom is -0.378 e. The fourth-order valence-corrected chi connectivity index (χ4v) is 8.19. The summed E-state index contributed by atoms with van der Waals surface area (Å²) in [6, 6.07) is 9.48. The SMILES string of the molecule is C[C@@H]1C2c3c(C(F)F)nn(CC(=O)N[C@@H](Cc4cc(F)cc(F)c4)c4nc(C#CC(C)(C)O)ccc4-c4cccc5c(NS(C)(=O)=O)nn(C)c45)c3C(F)(F)[C@@H]21. The monoisotopic (exact) mass is 799 g/mol. The predicted octanol–water partition coefficient (Wildman–Crippen LogP) is 6.10. The first kappa shape index (κ1) is 38.8. The Hall–Kier alpha value is -5.41. The first-order chi connectivity index (χ1) is 26.1. The summed E-state index contributed by atoms with van der Waals surface area (Å²) in [5.74, 6) is -3.44. The zero-order chi connectivity index (χ0) is 40.6. The average Bonchev–Trinajstić information content (AvgIpc) is 3.31. The molecular weight excluding hydrogens is 765 g/mol. The largest absolute Gasteiger partial charge is 0.378 e. The van der Waals surface area contributed by atoms with Crippen LogP contribution in [0.15, 0.2) is 48.5 Å². The van der Waals surface area contributed by atoms with Crippen LogP contribution in [0.3, 0.4) is 0 Å². The second kappa shape index (κ2) is 13.7. The van der Waals surface area contributed by atoms with Gasteiger partial charge in [-0.1, -0.05) is 25.0 Å². The molecule has 0 saturated heterocycles. The van der Waals surface area contributed by atoms with Crippen molar-refractivity contribution in [1.82, 2.24) is 29.9 Å². The van der Waals surface area contributed by atoms with Gasteiger partial charge in [-0.2, -0.15) is 19.0 Å².